The Balaban J connectivity index is 0.00000441. The second-order valence-electron chi connectivity index (χ2n) is 4.98. The van der Waals surface area contributed by atoms with Crippen LogP contribution in [0, 0.1) is 0 Å². The van der Waals surface area contributed by atoms with E-state index < -0.39 is 22.3 Å². The van der Waals surface area contributed by atoms with Crippen LogP contribution >= 0.6 is 0 Å². The normalized spacial score (nSPS) is 14.0. The van der Waals surface area contributed by atoms with Gasteiger partial charge in [0.25, 0.3) is 0 Å². The molecule has 1 rings (SSSR count). The summed E-state index contributed by atoms with van der Waals surface area (Å²) in [5, 5.41) is 19.6. The molecular weight excluding hydrogens is 301 g/mol. The standard InChI is InChI=1S/C14H23NO5S.Li/c1-3-12(16)9-15(10-13(17)4-2)11-6-5-7-14(8-11)21(18,19)20;/h5-8,12-13,16-17H,3-4,9-10H2,1-2H3,(H,18,19,20);/q;+1/p-1. The van der Waals surface area contributed by atoms with Crippen molar-refractivity contribution in [1.29, 1.82) is 0 Å². The van der Waals surface area contributed by atoms with Gasteiger partial charge in [0.1, 0.15) is 10.1 Å². The summed E-state index contributed by atoms with van der Waals surface area (Å²) in [7, 11) is -4.53. The Kier molecular flexibility index (Phi) is 9.32. The van der Waals surface area contributed by atoms with Gasteiger partial charge in [-0.15, -0.1) is 0 Å². The number of hydrogen-bond donors (Lipinski definition) is 2. The predicted octanol–water partition coefficient (Wildman–Crippen LogP) is -2.06. The molecule has 0 saturated heterocycles. The zero-order valence-electron chi connectivity index (χ0n) is 13.3. The van der Waals surface area contributed by atoms with Gasteiger partial charge in [-0.05, 0) is 31.0 Å². The molecule has 1 aromatic rings. The molecule has 1 aromatic carbocycles. The molecule has 6 nitrogen and oxygen atoms in total. The van der Waals surface area contributed by atoms with Crippen LogP contribution in [0.5, 0.6) is 0 Å². The molecule has 0 aliphatic carbocycles. The van der Waals surface area contributed by atoms with Crippen molar-refractivity contribution in [3.05, 3.63) is 24.3 Å². The van der Waals surface area contributed by atoms with E-state index in [1.54, 1.807) is 11.0 Å². The van der Waals surface area contributed by atoms with Gasteiger partial charge in [-0.3, -0.25) is 0 Å². The minimum Gasteiger partial charge on any atom is -0.744 e. The first kappa shape index (κ1) is 21.4. The first-order valence-corrected chi connectivity index (χ1v) is 8.35. The van der Waals surface area contributed by atoms with Crippen molar-refractivity contribution in [2.24, 2.45) is 0 Å². The Labute approximate surface area is 144 Å². The summed E-state index contributed by atoms with van der Waals surface area (Å²) in [5.74, 6) is 0. The van der Waals surface area contributed by atoms with Crippen LogP contribution in [-0.4, -0.2) is 48.5 Å². The zero-order valence-corrected chi connectivity index (χ0v) is 14.1. The Morgan fingerprint density at radius 1 is 1.14 bits per heavy atom. The molecule has 0 heterocycles. The predicted molar refractivity (Wildman–Crippen MR) is 79.2 cm³/mol. The number of nitrogens with zero attached hydrogens (tertiary/aromatic N) is 1. The molecule has 2 atom stereocenters. The van der Waals surface area contributed by atoms with Crippen LogP contribution < -0.4 is 23.8 Å². The molecule has 0 aliphatic rings. The van der Waals surface area contributed by atoms with Gasteiger partial charge in [-0.25, -0.2) is 8.42 Å². The number of benzene rings is 1. The second kappa shape index (κ2) is 9.56. The molecule has 0 amide bonds. The Hall–Kier alpha value is -0.553. The van der Waals surface area contributed by atoms with E-state index in [-0.39, 0.29) is 36.8 Å². The third-order valence-electron chi connectivity index (χ3n) is 3.28. The molecule has 0 spiro atoms. The van der Waals surface area contributed by atoms with Crippen molar-refractivity contribution in [3.63, 3.8) is 0 Å². The summed E-state index contributed by atoms with van der Waals surface area (Å²) in [6.45, 7) is 4.18. The molecule has 0 aliphatic heterocycles. The Morgan fingerprint density at radius 2 is 1.64 bits per heavy atom. The van der Waals surface area contributed by atoms with Gasteiger partial charge in [0.15, 0.2) is 0 Å². The van der Waals surface area contributed by atoms with E-state index in [9.17, 15) is 23.2 Å². The molecule has 0 bridgehead atoms. The van der Waals surface area contributed by atoms with E-state index in [1.165, 1.54) is 18.2 Å². The van der Waals surface area contributed by atoms with Gasteiger partial charge in [-0.2, -0.15) is 0 Å². The third kappa shape index (κ3) is 6.69. The number of aliphatic hydroxyl groups excluding tert-OH is 2. The molecule has 0 fully saturated rings. The van der Waals surface area contributed by atoms with E-state index in [0.717, 1.165) is 0 Å². The van der Waals surface area contributed by atoms with Crippen LogP contribution in [0.2, 0.25) is 0 Å². The van der Waals surface area contributed by atoms with Crippen LogP contribution in [0.3, 0.4) is 0 Å². The van der Waals surface area contributed by atoms with Gasteiger partial charge >= 0.3 is 18.9 Å². The summed E-state index contributed by atoms with van der Waals surface area (Å²) in [6, 6.07) is 5.63. The Morgan fingerprint density at radius 3 is 2.05 bits per heavy atom. The van der Waals surface area contributed by atoms with Gasteiger partial charge in [0, 0.05) is 18.8 Å². The van der Waals surface area contributed by atoms with Crippen LogP contribution in [0.4, 0.5) is 5.69 Å². The maximum absolute atomic E-state index is 11.1. The molecule has 2 unspecified atom stereocenters. The monoisotopic (exact) mass is 323 g/mol. The molecule has 8 heteroatoms. The van der Waals surface area contributed by atoms with Crippen LogP contribution in [-0.2, 0) is 10.1 Å². The van der Waals surface area contributed by atoms with Gasteiger partial charge in [-0.1, -0.05) is 19.9 Å². The molecule has 0 aromatic heterocycles. The summed E-state index contributed by atoms with van der Waals surface area (Å²) in [4.78, 5) is 1.37. The fraction of sp³-hybridized carbons (Fsp3) is 0.571. The SMILES string of the molecule is CCC(O)CN(CC(O)CC)c1cccc(S(=O)(=O)[O-])c1.[Li+]. The molecule has 2 N–H and O–H groups in total. The van der Waals surface area contributed by atoms with E-state index in [0.29, 0.717) is 18.5 Å². The topological polar surface area (TPSA) is 101 Å². The smallest absolute Gasteiger partial charge is 0.744 e. The van der Waals surface area contributed by atoms with Crippen LogP contribution in [0.25, 0.3) is 0 Å². The maximum Gasteiger partial charge on any atom is 1.00 e. The fourth-order valence-corrected chi connectivity index (χ4v) is 2.40. The van der Waals surface area contributed by atoms with E-state index in [4.69, 9.17) is 0 Å². The number of anilines is 1. The first-order chi connectivity index (χ1) is 9.77. The molecule has 0 saturated carbocycles. The summed E-state index contributed by atoms with van der Waals surface area (Å²) < 4.78 is 33.3. The fourth-order valence-electron chi connectivity index (χ4n) is 1.89. The Bertz CT molecular complexity index is 540. The largest absolute Gasteiger partial charge is 1.00 e. The van der Waals surface area contributed by atoms with E-state index in [1.807, 2.05) is 13.8 Å². The van der Waals surface area contributed by atoms with Crippen molar-refractivity contribution in [2.75, 3.05) is 18.0 Å². The van der Waals surface area contributed by atoms with Crippen molar-refractivity contribution in [3.8, 4) is 0 Å². The third-order valence-corrected chi connectivity index (χ3v) is 4.11. The number of hydrogen-bond acceptors (Lipinski definition) is 6. The van der Waals surface area contributed by atoms with Crippen molar-refractivity contribution in [2.45, 2.75) is 43.8 Å². The summed E-state index contributed by atoms with van der Waals surface area (Å²) >= 11 is 0. The molecule has 120 valence electrons. The molecule has 22 heavy (non-hydrogen) atoms. The average molecular weight is 323 g/mol. The van der Waals surface area contributed by atoms with E-state index in [2.05, 4.69) is 0 Å². The number of aliphatic hydroxyl groups is 2. The van der Waals surface area contributed by atoms with Crippen molar-refractivity contribution in [1.82, 2.24) is 0 Å². The second-order valence-corrected chi connectivity index (χ2v) is 6.36. The number of rotatable bonds is 8. The minimum absolute atomic E-state index is 0. The summed E-state index contributed by atoms with van der Waals surface area (Å²) in [6.07, 6.45) is -0.112. The van der Waals surface area contributed by atoms with Gasteiger partial charge in [0.05, 0.1) is 17.1 Å². The maximum atomic E-state index is 11.1. The van der Waals surface area contributed by atoms with E-state index >= 15 is 0 Å². The molecular formula is C14H22LiNO5S. The zero-order chi connectivity index (χ0) is 16.0. The minimum atomic E-state index is -4.53. The van der Waals surface area contributed by atoms with Gasteiger partial charge < -0.3 is 19.7 Å². The molecule has 0 radical (unpaired) electrons. The van der Waals surface area contributed by atoms with Crippen molar-refractivity contribution >= 4 is 15.8 Å². The van der Waals surface area contributed by atoms with Crippen molar-refractivity contribution < 1.29 is 42.0 Å². The quantitative estimate of drug-likeness (QED) is 0.422. The van der Waals surface area contributed by atoms with Gasteiger partial charge in [0.2, 0.25) is 0 Å². The average Bonchev–Trinajstić information content (AvgIpc) is 2.45. The van der Waals surface area contributed by atoms with Crippen LogP contribution in [0.15, 0.2) is 29.2 Å². The first-order valence-electron chi connectivity index (χ1n) is 6.95. The summed E-state index contributed by atoms with van der Waals surface area (Å²) in [5.41, 5.74) is 0.493. The van der Waals surface area contributed by atoms with Crippen LogP contribution in [0.1, 0.15) is 26.7 Å².